The highest BCUT2D eigenvalue weighted by atomic mass is 16.1. The third-order valence-corrected chi connectivity index (χ3v) is 2.85. The van der Waals surface area contributed by atoms with Gasteiger partial charge in [-0.15, -0.1) is 0 Å². The number of benzene rings is 1. The molecule has 2 rings (SSSR count). The maximum absolute atomic E-state index is 12.2. The van der Waals surface area contributed by atoms with Crippen LogP contribution in [0.5, 0.6) is 0 Å². The van der Waals surface area contributed by atoms with Gasteiger partial charge >= 0.3 is 0 Å². The highest BCUT2D eigenvalue weighted by molar-refractivity contribution is 6.07. The SMILES string of the molecule is CC(C)NCCC(=O)c1cccc2ncccc12. The van der Waals surface area contributed by atoms with E-state index in [4.69, 9.17) is 0 Å². The van der Waals surface area contributed by atoms with Gasteiger partial charge in [0, 0.05) is 36.2 Å². The van der Waals surface area contributed by atoms with Crippen LogP contribution in [0.3, 0.4) is 0 Å². The van der Waals surface area contributed by atoms with Crippen LogP contribution in [0, 0.1) is 0 Å². The summed E-state index contributed by atoms with van der Waals surface area (Å²) in [6.07, 6.45) is 2.27. The van der Waals surface area contributed by atoms with Crippen molar-refractivity contribution >= 4 is 16.7 Å². The second-order valence-corrected chi connectivity index (χ2v) is 4.66. The minimum absolute atomic E-state index is 0.168. The highest BCUT2D eigenvalue weighted by Crippen LogP contribution is 2.17. The maximum atomic E-state index is 12.2. The van der Waals surface area contributed by atoms with Crippen molar-refractivity contribution in [1.82, 2.24) is 10.3 Å². The molecule has 0 bridgehead atoms. The fourth-order valence-electron chi connectivity index (χ4n) is 1.96. The second-order valence-electron chi connectivity index (χ2n) is 4.66. The zero-order chi connectivity index (χ0) is 13.0. The van der Waals surface area contributed by atoms with E-state index in [1.165, 1.54) is 0 Å². The van der Waals surface area contributed by atoms with Crippen LogP contribution in [-0.4, -0.2) is 23.4 Å². The summed E-state index contributed by atoms with van der Waals surface area (Å²) in [6.45, 7) is 4.87. The second kappa shape index (κ2) is 5.74. The van der Waals surface area contributed by atoms with E-state index in [0.717, 1.165) is 16.5 Å². The molecular weight excluding hydrogens is 224 g/mol. The number of carbonyl (C=O) groups is 1. The molecule has 0 unspecified atom stereocenters. The molecule has 3 nitrogen and oxygen atoms in total. The van der Waals surface area contributed by atoms with Gasteiger partial charge in [-0.1, -0.05) is 32.0 Å². The van der Waals surface area contributed by atoms with Gasteiger partial charge in [0.15, 0.2) is 5.78 Å². The van der Waals surface area contributed by atoms with Crippen molar-refractivity contribution in [3.63, 3.8) is 0 Å². The van der Waals surface area contributed by atoms with Crippen LogP contribution in [0.15, 0.2) is 36.5 Å². The van der Waals surface area contributed by atoms with Crippen molar-refractivity contribution in [2.24, 2.45) is 0 Å². The summed E-state index contributed by atoms with van der Waals surface area (Å²) in [7, 11) is 0. The summed E-state index contributed by atoms with van der Waals surface area (Å²) in [4.78, 5) is 16.4. The molecule has 0 aliphatic heterocycles. The number of aromatic nitrogens is 1. The quantitative estimate of drug-likeness (QED) is 0.820. The lowest BCUT2D eigenvalue weighted by molar-refractivity contribution is 0.0983. The van der Waals surface area contributed by atoms with Crippen molar-refractivity contribution < 1.29 is 4.79 Å². The molecule has 94 valence electrons. The maximum Gasteiger partial charge on any atom is 0.164 e. The first-order valence-electron chi connectivity index (χ1n) is 6.29. The molecule has 0 aliphatic carbocycles. The fourth-order valence-corrected chi connectivity index (χ4v) is 1.96. The van der Waals surface area contributed by atoms with Gasteiger partial charge in [0.1, 0.15) is 0 Å². The zero-order valence-corrected chi connectivity index (χ0v) is 10.8. The Morgan fingerprint density at radius 1 is 1.28 bits per heavy atom. The van der Waals surface area contributed by atoms with Gasteiger partial charge in [-0.05, 0) is 12.1 Å². The van der Waals surface area contributed by atoms with Crippen molar-refractivity contribution in [2.75, 3.05) is 6.54 Å². The van der Waals surface area contributed by atoms with Gasteiger partial charge in [-0.25, -0.2) is 0 Å². The molecule has 0 radical (unpaired) electrons. The summed E-state index contributed by atoms with van der Waals surface area (Å²) in [5.74, 6) is 0.168. The molecule has 1 heterocycles. The third kappa shape index (κ3) is 2.93. The Morgan fingerprint density at radius 3 is 2.89 bits per heavy atom. The van der Waals surface area contributed by atoms with Crippen LogP contribution in [-0.2, 0) is 0 Å². The lowest BCUT2D eigenvalue weighted by Gasteiger charge is -2.08. The van der Waals surface area contributed by atoms with E-state index in [1.807, 2.05) is 30.3 Å². The third-order valence-electron chi connectivity index (χ3n) is 2.85. The van der Waals surface area contributed by atoms with Gasteiger partial charge in [-0.2, -0.15) is 0 Å². The first-order valence-corrected chi connectivity index (χ1v) is 6.29. The van der Waals surface area contributed by atoms with E-state index in [1.54, 1.807) is 6.20 Å². The number of ketones is 1. The summed E-state index contributed by atoms with van der Waals surface area (Å²) < 4.78 is 0. The molecule has 1 N–H and O–H groups in total. The number of nitrogens with zero attached hydrogens (tertiary/aromatic N) is 1. The minimum atomic E-state index is 0.168. The average Bonchev–Trinajstić information content (AvgIpc) is 2.37. The van der Waals surface area contributed by atoms with Gasteiger partial charge in [0.25, 0.3) is 0 Å². The standard InChI is InChI=1S/C15H18N2O/c1-11(2)16-10-8-15(18)13-5-3-7-14-12(13)6-4-9-17-14/h3-7,9,11,16H,8,10H2,1-2H3. The van der Waals surface area contributed by atoms with Crippen LogP contribution in [0.4, 0.5) is 0 Å². The molecule has 0 saturated carbocycles. The smallest absolute Gasteiger partial charge is 0.164 e. The Morgan fingerprint density at radius 2 is 2.11 bits per heavy atom. The molecule has 1 aromatic carbocycles. The first kappa shape index (κ1) is 12.7. The molecule has 18 heavy (non-hydrogen) atoms. The molecule has 0 saturated heterocycles. The van der Waals surface area contributed by atoms with E-state index in [0.29, 0.717) is 19.0 Å². The lowest BCUT2D eigenvalue weighted by atomic mass is 10.0. The Labute approximate surface area is 107 Å². The lowest BCUT2D eigenvalue weighted by Crippen LogP contribution is -2.25. The molecule has 3 heteroatoms. The average molecular weight is 242 g/mol. The summed E-state index contributed by atoms with van der Waals surface area (Å²) in [5, 5.41) is 4.20. The Balaban J connectivity index is 2.17. The van der Waals surface area contributed by atoms with Crippen LogP contribution in [0.25, 0.3) is 10.9 Å². The van der Waals surface area contributed by atoms with Crippen molar-refractivity contribution in [2.45, 2.75) is 26.3 Å². The van der Waals surface area contributed by atoms with Crippen LogP contribution in [0.1, 0.15) is 30.6 Å². The number of nitrogens with one attached hydrogen (secondary N) is 1. The zero-order valence-electron chi connectivity index (χ0n) is 10.8. The highest BCUT2D eigenvalue weighted by Gasteiger charge is 2.09. The molecule has 0 spiro atoms. The van der Waals surface area contributed by atoms with Crippen molar-refractivity contribution in [3.05, 3.63) is 42.1 Å². The van der Waals surface area contributed by atoms with Crippen LogP contribution >= 0.6 is 0 Å². The van der Waals surface area contributed by atoms with E-state index in [2.05, 4.69) is 24.1 Å². The van der Waals surface area contributed by atoms with Crippen molar-refractivity contribution in [1.29, 1.82) is 0 Å². The Kier molecular flexibility index (Phi) is 4.05. The molecule has 0 aliphatic rings. The van der Waals surface area contributed by atoms with Crippen molar-refractivity contribution in [3.8, 4) is 0 Å². The number of hydrogen-bond acceptors (Lipinski definition) is 3. The fraction of sp³-hybridized carbons (Fsp3) is 0.333. The molecular formula is C15H18N2O. The van der Waals surface area contributed by atoms with E-state index in [9.17, 15) is 4.79 Å². The number of rotatable bonds is 5. The molecule has 1 aromatic heterocycles. The Hall–Kier alpha value is -1.74. The summed E-state index contributed by atoms with van der Waals surface area (Å²) in [6, 6.07) is 9.92. The van der Waals surface area contributed by atoms with Gasteiger partial charge in [-0.3, -0.25) is 9.78 Å². The van der Waals surface area contributed by atoms with Gasteiger partial charge < -0.3 is 5.32 Å². The summed E-state index contributed by atoms with van der Waals surface area (Å²) >= 11 is 0. The first-order chi connectivity index (χ1) is 8.68. The van der Waals surface area contributed by atoms with E-state index < -0.39 is 0 Å². The normalized spacial score (nSPS) is 11.1. The number of pyridine rings is 1. The predicted molar refractivity (Wildman–Crippen MR) is 73.8 cm³/mol. The number of carbonyl (C=O) groups excluding carboxylic acids is 1. The molecule has 0 amide bonds. The largest absolute Gasteiger partial charge is 0.314 e. The topological polar surface area (TPSA) is 42.0 Å². The summed E-state index contributed by atoms with van der Waals surface area (Å²) in [5.41, 5.74) is 1.64. The monoisotopic (exact) mass is 242 g/mol. The molecule has 0 fully saturated rings. The number of fused-ring (bicyclic) bond motifs is 1. The van der Waals surface area contributed by atoms with Crippen LogP contribution in [0.2, 0.25) is 0 Å². The predicted octanol–water partition coefficient (Wildman–Crippen LogP) is 2.81. The molecule has 0 atom stereocenters. The minimum Gasteiger partial charge on any atom is -0.314 e. The van der Waals surface area contributed by atoms with Gasteiger partial charge in [0.05, 0.1) is 5.52 Å². The van der Waals surface area contributed by atoms with E-state index in [-0.39, 0.29) is 5.78 Å². The molecule has 2 aromatic rings. The number of hydrogen-bond donors (Lipinski definition) is 1. The number of Topliss-reactive ketones (excluding diaryl/α,β-unsaturated/α-hetero) is 1. The Bertz CT molecular complexity index is 544. The van der Waals surface area contributed by atoms with Gasteiger partial charge in [0.2, 0.25) is 0 Å². The van der Waals surface area contributed by atoms with E-state index >= 15 is 0 Å². The van der Waals surface area contributed by atoms with Crippen LogP contribution < -0.4 is 5.32 Å².